The molecule has 0 spiro atoms. The lowest BCUT2D eigenvalue weighted by Crippen LogP contribution is -2.37. The summed E-state index contributed by atoms with van der Waals surface area (Å²) < 4.78 is 45.9. The van der Waals surface area contributed by atoms with Crippen LogP contribution >= 0.6 is 7.82 Å². The summed E-state index contributed by atoms with van der Waals surface area (Å²) in [6.07, 6.45) is 11.4. The summed E-state index contributed by atoms with van der Waals surface area (Å²) in [5.41, 5.74) is 4.39. The van der Waals surface area contributed by atoms with Crippen LogP contribution in [-0.4, -0.2) is 83.2 Å². The Balaban J connectivity index is 0.858. The van der Waals surface area contributed by atoms with Gasteiger partial charge in [0.2, 0.25) is 0 Å². The Kier molecular flexibility index (Phi) is 20.0. The number of likely N-dealkylation sites (N-methyl/N-ethyl adjacent to an activating group) is 1. The lowest BCUT2D eigenvalue weighted by Gasteiger charge is -2.28. The van der Waals surface area contributed by atoms with Gasteiger partial charge in [-0.25, -0.2) is 0 Å². The number of rotatable bonds is 28. The Morgan fingerprint density at radius 1 is 0.529 bits per heavy atom. The van der Waals surface area contributed by atoms with Crippen LogP contribution in [0, 0.1) is 0 Å². The molecule has 0 aromatic heterocycles. The largest absolute Gasteiger partial charge is 0.756 e. The number of esters is 2. The highest BCUT2D eigenvalue weighted by Gasteiger charge is 2.22. The van der Waals surface area contributed by atoms with Gasteiger partial charge in [-0.2, -0.15) is 0 Å². The number of quaternary nitrogens is 1. The maximum Gasteiger partial charge on any atom is 0.306 e. The van der Waals surface area contributed by atoms with E-state index in [0.29, 0.717) is 43.5 Å². The van der Waals surface area contributed by atoms with E-state index in [1.165, 1.54) is 21.5 Å². The number of nitrogens with zero attached hydrogens (tertiary/aromatic N) is 1. The van der Waals surface area contributed by atoms with Crippen molar-refractivity contribution < 1.29 is 51.5 Å². The number of unbranched alkanes of at least 4 members (excludes halogenated alkanes) is 4. The van der Waals surface area contributed by atoms with Gasteiger partial charge in [0.15, 0.2) is 6.10 Å². The van der Waals surface area contributed by atoms with E-state index in [9.17, 15) is 19.0 Å². The van der Waals surface area contributed by atoms with Gasteiger partial charge in [-0.1, -0.05) is 121 Å². The van der Waals surface area contributed by atoms with Gasteiger partial charge in [0.25, 0.3) is 7.82 Å². The summed E-state index contributed by atoms with van der Waals surface area (Å²) >= 11 is 0. The molecular formula is C56H64NO10P. The molecule has 0 saturated carbocycles. The van der Waals surface area contributed by atoms with Gasteiger partial charge >= 0.3 is 11.9 Å². The second-order valence-electron chi connectivity index (χ2n) is 17.7. The van der Waals surface area contributed by atoms with Crippen LogP contribution in [0.5, 0.6) is 11.5 Å². The third-order valence-electron chi connectivity index (χ3n) is 11.0. The Bertz CT molecular complexity index is 2620. The molecule has 358 valence electrons. The summed E-state index contributed by atoms with van der Waals surface area (Å²) in [5, 5.41) is 4.84. The molecule has 0 N–H and O–H groups in total. The first kappa shape index (κ1) is 51.3. The van der Waals surface area contributed by atoms with Gasteiger partial charge in [0, 0.05) is 12.8 Å². The standard InChI is InChI=1S/C56H64NO10P/c1-57(2,3)36-39-65-68(60,61)66-43-54(67-56(59)19-7-5-13-38-63-53-34-28-45(29-35-53)21-23-47-25-31-49-15-9-11-17-51(49)41-47)42-64-55(58)18-6-4-12-37-62-52-32-26-44(27-33-52)20-22-46-24-30-48-14-8-10-16-50(48)40-46/h8-11,14-17,20-35,40-41,54H,4-7,12-13,18-19,36-39,42-43H2,1-3H3/b22-20+,23-21+/t54-/m1/s1. The highest BCUT2D eigenvalue weighted by atomic mass is 31.2. The molecule has 6 aromatic rings. The zero-order valence-electron chi connectivity index (χ0n) is 39.5. The van der Waals surface area contributed by atoms with Crippen molar-refractivity contribution in [2.75, 3.05) is 60.7 Å². The van der Waals surface area contributed by atoms with E-state index in [2.05, 4.69) is 85.0 Å². The summed E-state index contributed by atoms with van der Waals surface area (Å²) in [5.74, 6) is 0.484. The van der Waals surface area contributed by atoms with Gasteiger partial charge in [0.1, 0.15) is 31.3 Å². The van der Waals surface area contributed by atoms with E-state index in [0.717, 1.165) is 53.0 Å². The number of benzene rings is 6. The molecule has 1 unspecified atom stereocenters. The van der Waals surface area contributed by atoms with Crippen molar-refractivity contribution in [3.8, 4) is 11.5 Å². The first-order valence-corrected chi connectivity index (χ1v) is 24.9. The molecule has 0 bridgehead atoms. The molecule has 11 nitrogen and oxygen atoms in total. The predicted molar refractivity (Wildman–Crippen MR) is 270 cm³/mol. The molecule has 0 saturated heterocycles. The Hall–Kier alpha value is -6.07. The van der Waals surface area contributed by atoms with Crippen molar-refractivity contribution >= 4 is 65.6 Å². The predicted octanol–water partition coefficient (Wildman–Crippen LogP) is 11.6. The molecule has 6 rings (SSSR count). The minimum atomic E-state index is -4.71. The van der Waals surface area contributed by atoms with Crippen molar-refractivity contribution in [3.05, 3.63) is 156 Å². The van der Waals surface area contributed by atoms with Crippen LogP contribution in [0.15, 0.2) is 133 Å². The lowest BCUT2D eigenvalue weighted by atomic mass is 10.1. The smallest absolute Gasteiger partial charge is 0.306 e. The number of carbonyl (C=O) groups excluding carboxylic acids is 2. The van der Waals surface area contributed by atoms with Crippen LogP contribution in [0.25, 0.3) is 45.8 Å². The summed E-state index contributed by atoms with van der Waals surface area (Å²) in [4.78, 5) is 38.0. The molecule has 12 heteroatoms. The summed E-state index contributed by atoms with van der Waals surface area (Å²) in [6, 6.07) is 45.2. The minimum absolute atomic E-state index is 0.0783. The number of carbonyl (C=O) groups is 2. The third kappa shape index (κ3) is 18.9. The van der Waals surface area contributed by atoms with Crippen LogP contribution in [0.2, 0.25) is 0 Å². The lowest BCUT2D eigenvalue weighted by molar-refractivity contribution is -0.870. The number of phosphoric acid groups is 1. The fourth-order valence-corrected chi connectivity index (χ4v) is 7.82. The summed E-state index contributed by atoms with van der Waals surface area (Å²) in [7, 11) is 1.01. The van der Waals surface area contributed by atoms with E-state index < -0.39 is 32.5 Å². The highest BCUT2D eigenvalue weighted by Crippen LogP contribution is 2.38. The monoisotopic (exact) mass is 941 g/mol. The third-order valence-corrected chi connectivity index (χ3v) is 12.0. The average molecular weight is 942 g/mol. The zero-order chi connectivity index (χ0) is 48.0. The molecular weight excluding hydrogens is 878 g/mol. The SMILES string of the molecule is C[N+](C)(C)CCOP(=O)([O-])OC[C@@H](COC(=O)CCCCCOc1ccc(/C=C/c2ccc3ccccc3c2)cc1)OC(=O)CCCCCOc1ccc(/C=C/c2ccc3ccccc3c2)cc1. The number of hydrogen-bond donors (Lipinski definition) is 0. The summed E-state index contributed by atoms with van der Waals surface area (Å²) in [6.45, 7) is 0.425. The molecule has 0 aliphatic carbocycles. The average Bonchev–Trinajstić information content (AvgIpc) is 3.33. The minimum Gasteiger partial charge on any atom is -0.756 e. The van der Waals surface area contributed by atoms with Crippen molar-refractivity contribution in [2.24, 2.45) is 0 Å². The van der Waals surface area contributed by atoms with Crippen molar-refractivity contribution in [1.29, 1.82) is 0 Å². The van der Waals surface area contributed by atoms with Gasteiger partial charge in [-0.05, 0) is 119 Å². The van der Waals surface area contributed by atoms with Gasteiger partial charge < -0.3 is 37.4 Å². The number of hydrogen-bond acceptors (Lipinski definition) is 10. The van der Waals surface area contributed by atoms with Crippen LogP contribution in [0.3, 0.4) is 0 Å². The first-order valence-electron chi connectivity index (χ1n) is 23.4. The second kappa shape index (κ2) is 26.5. The maximum atomic E-state index is 12.9. The van der Waals surface area contributed by atoms with Crippen LogP contribution < -0.4 is 14.4 Å². The molecule has 68 heavy (non-hydrogen) atoms. The van der Waals surface area contributed by atoms with E-state index in [4.69, 9.17) is 28.0 Å². The van der Waals surface area contributed by atoms with E-state index in [1.807, 2.05) is 93.9 Å². The van der Waals surface area contributed by atoms with Crippen molar-refractivity contribution in [1.82, 2.24) is 0 Å². The Morgan fingerprint density at radius 3 is 1.49 bits per heavy atom. The zero-order valence-corrected chi connectivity index (χ0v) is 40.4. The van der Waals surface area contributed by atoms with E-state index in [-0.39, 0.29) is 26.1 Å². The number of fused-ring (bicyclic) bond motifs is 2. The molecule has 0 heterocycles. The second-order valence-corrected chi connectivity index (χ2v) is 19.1. The molecule has 0 amide bonds. The fourth-order valence-electron chi connectivity index (χ4n) is 7.09. The highest BCUT2D eigenvalue weighted by molar-refractivity contribution is 7.45. The molecule has 0 fully saturated rings. The normalized spacial score (nSPS) is 13.2. The maximum absolute atomic E-state index is 12.9. The molecule has 0 radical (unpaired) electrons. The van der Waals surface area contributed by atoms with Gasteiger partial charge in [-0.3, -0.25) is 14.2 Å². The fraction of sp³-hybridized carbons (Fsp3) is 0.321. The Morgan fingerprint density at radius 2 is 0.985 bits per heavy atom. The van der Waals surface area contributed by atoms with Crippen LogP contribution in [0.4, 0.5) is 0 Å². The molecule has 2 atom stereocenters. The van der Waals surface area contributed by atoms with E-state index >= 15 is 0 Å². The number of phosphoric ester groups is 1. The quantitative estimate of drug-likeness (QED) is 0.0154. The number of ether oxygens (including phenoxy) is 4. The van der Waals surface area contributed by atoms with Crippen LogP contribution in [-0.2, 0) is 32.7 Å². The molecule has 6 aromatic carbocycles. The first-order chi connectivity index (χ1) is 32.9. The Labute approximate surface area is 401 Å². The molecule has 0 aliphatic heterocycles. The van der Waals surface area contributed by atoms with E-state index in [1.54, 1.807) is 0 Å². The molecule has 0 aliphatic rings. The van der Waals surface area contributed by atoms with Gasteiger partial charge in [-0.15, -0.1) is 0 Å². The van der Waals surface area contributed by atoms with Crippen molar-refractivity contribution in [2.45, 2.75) is 57.5 Å². The van der Waals surface area contributed by atoms with Crippen molar-refractivity contribution in [3.63, 3.8) is 0 Å². The van der Waals surface area contributed by atoms with Gasteiger partial charge in [0.05, 0.1) is 41.0 Å². The topological polar surface area (TPSA) is 130 Å². The van der Waals surface area contributed by atoms with Crippen LogP contribution in [0.1, 0.15) is 73.6 Å².